The van der Waals surface area contributed by atoms with Crippen molar-refractivity contribution in [2.75, 3.05) is 13.6 Å². The standard InChI is InChI=1S/C11H14BrNO2/c1-13(6-8-4-10(12)5-8)11(14)9-2-3-15-7-9/h2-3,7-8,10H,4-6H2,1H3. The topological polar surface area (TPSA) is 33.5 Å². The van der Waals surface area contributed by atoms with Crippen molar-refractivity contribution in [1.29, 1.82) is 0 Å². The van der Waals surface area contributed by atoms with Crippen LogP contribution in [0.2, 0.25) is 0 Å². The van der Waals surface area contributed by atoms with Crippen LogP contribution in [0.15, 0.2) is 23.0 Å². The van der Waals surface area contributed by atoms with Gasteiger partial charge < -0.3 is 9.32 Å². The van der Waals surface area contributed by atoms with Gasteiger partial charge in [-0.05, 0) is 24.8 Å². The van der Waals surface area contributed by atoms with Crippen LogP contribution < -0.4 is 0 Å². The van der Waals surface area contributed by atoms with Crippen molar-refractivity contribution in [3.8, 4) is 0 Å². The molecule has 4 heteroatoms. The van der Waals surface area contributed by atoms with Crippen molar-refractivity contribution in [2.24, 2.45) is 5.92 Å². The van der Waals surface area contributed by atoms with Crippen molar-refractivity contribution in [3.63, 3.8) is 0 Å². The van der Waals surface area contributed by atoms with Gasteiger partial charge in [-0.2, -0.15) is 0 Å². The predicted molar refractivity (Wildman–Crippen MR) is 61.1 cm³/mol. The molecule has 0 spiro atoms. The number of furan rings is 1. The van der Waals surface area contributed by atoms with Crippen LogP contribution in [0.1, 0.15) is 23.2 Å². The average molecular weight is 272 g/mol. The molecule has 1 amide bonds. The van der Waals surface area contributed by atoms with E-state index in [1.807, 2.05) is 7.05 Å². The minimum Gasteiger partial charge on any atom is -0.472 e. The Balaban J connectivity index is 1.86. The molecule has 15 heavy (non-hydrogen) atoms. The van der Waals surface area contributed by atoms with Gasteiger partial charge in [0.1, 0.15) is 6.26 Å². The lowest BCUT2D eigenvalue weighted by Crippen LogP contribution is -2.37. The zero-order valence-corrected chi connectivity index (χ0v) is 10.2. The van der Waals surface area contributed by atoms with E-state index in [0.29, 0.717) is 16.3 Å². The molecule has 82 valence electrons. The second-order valence-electron chi connectivity index (χ2n) is 4.13. The molecule has 1 heterocycles. The first-order valence-corrected chi connectivity index (χ1v) is 6.00. The quantitative estimate of drug-likeness (QED) is 0.792. The summed E-state index contributed by atoms with van der Waals surface area (Å²) >= 11 is 3.55. The lowest BCUT2D eigenvalue weighted by molar-refractivity contribution is 0.0748. The molecule has 1 aromatic heterocycles. The maximum Gasteiger partial charge on any atom is 0.256 e. The normalized spacial score (nSPS) is 24.7. The van der Waals surface area contributed by atoms with Crippen molar-refractivity contribution in [3.05, 3.63) is 24.2 Å². The Morgan fingerprint density at radius 1 is 1.67 bits per heavy atom. The summed E-state index contributed by atoms with van der Waals surface area (Å²) in [6.07, 6.45) is 5.36. The van der Waals surface area contributed by atoms with Crippen LogP contribution in [0.25, 0.3) is 0 Å². The fourth-order valence-electron chi connectivity index (χ4n) is 1.88. The largest absolute Gasteiger partial charge is 0.472 e. The van der Waals surface area contributed by atoms with Crippen LogP contribution in [0.5, 0.6) is 0 Å². The number of amides is 1. The molecule has 0 N–H and O–H groups in total. The van der Waals surface area contributed by atoms with Crippen molar-refractivity contribution >= 4 is 21.8 Å². The van der Waals surface area contributed by atoms with E-state index >= 15 is 0 Å². The summed E-state index contributed by atoms with van der Waals surface area (Å²) < 4.78 is 4.89. The zero-order valence-electron chi connectivity index (χ0n) is 8.65. The van der Waals surface area contributed by atoms with Crippen LogP contribution in [-0.4, -0.2) is 29.2 Å². The Labute approximate surface area is 97.6 Å². The smallest absolute Gasteiger partial charge is 0.256 e. The van der Waals surface area contributed by atoms with E-state index in [1.165, 1.54) is 25.4 Å². The molecule has 3 nitrogen and oxygen atoms in total. The molecule has 0 aliphatic heterocycles. The van der Waals surface area contributed by atoms with E-state index < -0.39 is 0 Å². The first kappa shape index (κ1) is 10.7. The molecule has 1 fully saturated rings. The molecule has 0 radical (unpaired) electrons. The van der Waals surface area contributed by atoms with E-state index in [1.54, 1.807) is 11.0 Å². The molecular formula is C11H14BrNO2. The summed E-state index contributed by atoms with van der Waals surface area (Å²) in [6.45, 7) is 0.839. The fraction of sp³-hybridized carbons (Fsp3) is 0.545. The van der Waals surface area contributed by atoms with Crippen LogP contribution in [0, 0.1) is 5.92 Å². The second kappa shape index (κ2) is 4.39. The van der Waals surface area contributed by atoms with E-state index in [9.17, 15) is 4.79 Å². The average Bonchev–Trinajstić information content (AvgIpc) is 2.66. The third-order valence-corrected chi connectivity index (χ3v) is 3.57. The lowest BCUT2D eigenvalue weighted by Gasteiger charge is -2.34. The molecular weight excluding hydrogens is 258 g/mol. The Bertz CT molecular complexity index is 330. The van der Waals surface area contributed by atoms with Crippen LogP contribution in [-0.2, 0) is 0 Å². The van der Waals surface area contributed by atoms with Crippen LogP contribution >= 0.6 is 15.9 Å². The molecule has 1 saturated carbocycles. The van der Waals surface area contributed by atoms with Crippen LogP contribution in [0.3, 0.4) is 0 Å². The SMILES string of the molecule is CN(CC1CC(Br)C1)C(=O)c1ccoc1. The first-order valence-electron chi connectivity index (χ1n) is 5.08. The maximum absolute atomic E-state index is 11.8. The minimum atomic E-state index is 0.0433. The Morgan fingerprint density at radius 3 is 2.93 bits per heavy atom. The first-order chi connectivity index (χ1) is 7.16. The number of rotatable bonds is 3. The summed E-state index contributed by atoms with van der Waals surface area (Å²) in [7, 11) is 1.84. The highest BCUT2D eigenvalue weighted by molar-refractivity contribution is 9.09. The van der Waals surface area contributed by atoms with E-state index in [0.717, 1.165) is 6.54 Å². The highest BCUT2D eigenvalue weighted by Crippen LogP contribution is 2.33. The highest BCUT2D eigenvalue weighted by atomic mass is 79.9. The highest BCUT2D eigenvalue weighted by Gasteiger charge is 2.29. The van der Waals surface area contributed by atoms with Gasteiger partial charge in [-0.3, -0.25) is 4.79 Å². The van der Waals surface area contributed by atoms with Gasteiger partial charge in [-0.15, -0.1) is 0 Å². The molecule has 0 saturated heterocycles. The second-order valence-corrected chi connectivity index (χ2v) is 5.43. The molecule has 1 aliphatic carbocycles. The van der Waals surface area contributed by atoms with Crippen molar-refractivity contribution in [1.82, 2.24) is 4.90 Å². The summed E-state index contributed by atoms with van der Waals surface area (Å²) in [4.78, 5) is 14.2. The Kier molecular flexibility index (Phi) is 3.14. The third kappa shape index (κ3) is 2.43. The van der Waals surface area contributed by atoms with Gasteiger partial charge in [-0.25, -0.2) is 0 Å². The van der Waals surface area contributed by atoms with Gasteiger partial charge in [0.15, 0.2) is 0 Å². The van der Waals surface area contributed by atoms with Gasteiger partial charge >= 0.3 is 0 Å². The Hall–Kier alpha value is -0.770. The minimum absolute atomic E-state index is 0.0433. The van der Waals surface area contributed by atoms with Crippen molar-refractivity contribution in [2.45, 2.75) is 17.7 Å². The summed E-state index contributed by atoms with van der Waals surface area (Å²) in [5.41, 5.74) is 0.632. The molecule has 1 aliphatic rings. The molecule has 2 rings (SSSR count). The van der Waals surface area contributed by atoms with Gasteiger partial charge in [0.05, 0.1) is 11.8 Å². The van der Waals surface area contributed by atoms with Gasteiger partial charge in [0.2, 0.25) is 0 Å². The maximum atomic E-state index is 11.8. The molecule has 0 bridgehead atoms. The van der Waals surface area contributed by atoms with Gasteiger partial charge in [0, 0.05) is 18.4 Å². The number of carbonyl (C=O) groups excluding carboxylic acids is 1. The van der Waals surface area contributed by atoms with Gasteiger partial charge in [0.25, 0.3) is 5.91 Å². The molecule has 0 atom stereocenters. The molecule has 0 unspecified atom stereocenters. The van der Waals surface area contributed by atoms with Crippen LogP contribution in [0.4, 0.5) is 0 Å². The van der Waals surface area contributed by atoms with E-state index in [-0.39, 0.29) is 5.91 Å². The number of alkyl halides is 1. The predicted octanol–water partition coefficient (Wildman–Crippen LogP) is 2.53. The van der Waals surface area contributed by atoms with E-state index in [2.05, 4.69) is 15.9 Å². The number of nitrogens with zero attached hydrogens (tertiary/aromatic N) is 1. The third-order valence-electron chi connectivity index (χ3n) is 2.83. The summed E-state index contributed by atoms with van der Waals surface area (Å²) in [6, 6.07) is 1.70. The molecule has 1 aromatic rings. The number of hydrogen-bond acceptors (Lipinski definition) is 2. The number of halogens is 1. The summed E-state index contributed by atoms with van der Waals surface area (Å²) in [5, 5.41) is 0. The molecule has 0 aromatic carbocycles. The number of hydrogen-bond donors (Lipinski definition) is 0. The number of carbonyl (C=O) groups is 1. The zero-order chi connectivity index (χ0) is 10.8. The fourth-order valence-corrected chi connectivity index (χ4v) is 2.94. The van der Waals surface area contributed by atoms with Crippen molar-refractivity contribution < 1.29 is 9.21 Å². The lowest BCUT2D eigenvalue weighted by atomic mass is 9.85. The van der Waals surface area contributed by atoms with E-state index in [4.69, 9.17) is 4.42 Å². The monoisotopic (exact) mass is 271 g/mol. The summed E-state index contributed by atoms with van der Waals surface area (Å²) in [5.74, 6) is 0.692. The Morgan fingerprint density at radius 2 is 2.40 bits per heavy atom. The van der Waals surface area contributed by atoms with Gasteiger partial charge in [-0.1, -0.05) is 15.9 Å².